The van der Waals surface area contributed by atoms with Crippen molar-refractivity contribution >= 4 is 41.2 Å². The molecule has 0 spiro atoms. The lowest BCUT2D eigenvalue weighted by molar-refractivity contribution is -0.384. The summed E-state index contributed by atoms with van der Waals surface area (Å²) < 4.78 is 20.6. The van der Waals surface area contributed by atoms with Crippen molar-refractivity contribution in [1.82, 2.24) is 0 Å². The van der Waals surface area contributed by atoms with Gasteiger partial charge < -0.3 is 18.9 Å². The molecule has 2 aromatic carbocycles. The molecular weight excluding hydrogens is 444 g/mol. The van der Waals surface area contributed by atoms with E-state index in [9.17, 15) is 19.7 Å². The molecule has 32 heavy (non-hydrogen) atoms. The smallest absolute Gasteiger partial charge is 0.363 e. The molecule has 3 rings (SSSR count). The van der Waals surface area contributed by atoms with Crippen LogP contribution in [0.2, 0.25) is 5.02 Å². The fourth-order valence-electron chi connectivity index (χ4n) is 2.71. The van der Waals surface area contributed by atoms with Crippen LogP contribution in [0, 0.1) is 10.1 Å². The lowest BCUT2D eigenvalue weighted by Gasteiger charge is -2.13. The number of methoxy groups -OCH3 is 1. The van der Waals surface area contributed by atoms with E-state index in [-0.39, 0.29) is 46.0 Å². The predicted molar refractivity (Wildman–Crippen MR) is 114 cm³/mol. The van der Waals surface area contributed by atoms with E-state index in [0.717, 1.165) is 0 Å². The molecular formula is C21H17ClN2O8. The monoisotopic (exact) mass is 460 g/mol. The number of nitro groups is 1. The van der Waals surface area contributed by atoms with Crippen LogP contribution in [0.1, 0.15) is 18.1 Å². The van der Waals surface area contributed by atoms with Gasteiger partial charge in [0.25, 0.3) is 5.69 Å². The number of hydrogen-bond acceptors (Lipinski definition) is 9. The molecule has 0 N–H and O–H groups in total. The molecule has 0 unspecified atom stereocenters. The number of hydrogen-bond donors (Lipinski definition) is 0. The van der Waals surface area contributed by atoms with Crippen molar-refractivity contribution in [3.8, 4) is 11.5 Å². The summed E-state index contributed by atoms with van der Waals surface area (Å²) in [6.07, 6.45) is 1.42. The number of nitro benzene ring substituents is 1. The molecule has 0 bridgehead atoms. The number of benzene rings is 2. The maximum atomic E-state index is 12.3. The minimum Gasteiger partial charge on any atom is -0.490 e. The van der Waals surface area contributed by atoms with E-state index in [0.29, 0.717) is 12.2 Å². The van der Waals surface area contributed by atoms with Crippen molar-refractivity contribution in [2.24, 2.45) is 4.99 Å². The van der Waals surface area contributed by atoms with Crippen LogP contribution in [0.4, 0.5) is 5.69 Å². The van der Waals surface area contributed by atoms with Crippen LogP contribution in [0.25, 0.3) is 6.08 Å². The summed E-state index contributed by atoms with van der Waals surface area (Å²) in [4.78, 5) is 38.2. The van der Waals surface area contributed by atoms with E-state index in [1.54, 1.807) is 19.1 Å². The average Bonchev–Trinajstić information content (AvgIpc) is 3.13. The van der Waals surface area contributed by atoms with Crippen LogP contribution in [0.3, 0.4) is 0 Å². The first-order valence-corrected chi connectivity index (χ1v) is 9.63. The molecule has 0 fully saturated rings. The van der Waals surface area contributed by atoms with Crippen molar-refractivity contribution < 1.29 is 33.5 Å². The van der Waals surface area contributed by atoms with Crippen LogP contribution in [-0.4, -0.2) is 43.1 Å². The quantitative estimate of drug-likeness (QED) is 0.253. The minimum atomic E-state index is -0.730. The average molecular weight is 461 g/mol. The number of carbonyl (C=O) groups is 2. The molecule has 1 heterocycles. The largest absolute Gasteiger partial charge is 0.490 e. The van der Waals surface area contributed by atoms with E-state index in [1.165, 1.54) is 37.5 Å². The molecule has 11 heteroatoms. The van der Waals surface area contributed by atoms with E-state index in [4.69, 9.17) is 25.8 Å². The van der Waals surface area contributed by atoms with Gasteiger partial charge in [-0.15, -0.1) is 0 Å². The Morgan fingerprint density at radius 2 is 2.06 bits per heavy atom. The Morgan fingerprint density at radius 3 is 2.75 bits per heavy atom. The zero-order chi connectivity index (χ0) is 23.3. The van der Waals surface area contributed by atoms with Crippen LogP contribution >= 0.6 is 11.6 Å². The first kappa shape index (κ1) is 22.8. The Morgan fingerprint density at radius 1 is 1.28 bits per heavy atom. The number of ether oxygens (including phenoxy) is 4. The van der Waals surface area contributed by atoms with Gasteiger partial charge in [0.1, 0.15) is 0 Å². The first-order valence-electron chi connectivity index (χ1n) is 9.25. The summed E-state index contributed by atoms with van der Waals surface area (Å²) in [6.45, 7) is 1.69. The van der Waals surface area contributed by atoms with E-state index < -0.39 is 16.9 Å². The maximum absolute atomic E-state index is 12.3. The maximum Gasteiger partial charge on any atom is 0.363 e. The Hall–Kier alpha value is -3.92. The van der Waals surface area contributed by atoms with Gasteiger partial charge in [0, 0.05) is 17.7 Å². The molecule has 1 aliphatic rings. The number of halogens is 1. The highest BCUT2D eigenvalue weighted by molar-refractivity contribution is 6.32. The summed E-state index contributed by atoms with van der Waals surface area (Å²) in [7, 11) is 1.23. The van der Waals surface area contributed by atoms with Gasteiger partial charge in [-0.3, -0.25) is 10.1 Å². The third-order valence-corrected chi connectivity index (χ3v) is 4.40. The SMILES string of the molecule is CCOc1cc(/C=C2\N=C(c3cccc([N+](=O)[O-])c3)OC2=O)cc(Cl)c1OCC(=O)OC. The molecule has 0 amide bonds. The topological polar surface area (TPSA) is 127 Å². The molecule has 2 aromatic rings. The fraction of sp³-hybridized carbons (Fsp3) is 0.190. The van der Waals surface area contributed by atoms with Gasteiger partial charge in [0.2, 0.25) is 5.90 Å². The highest BCUT2D eigenvalue weighted by Crippen LogP contribution is 2.37. The molecule has 0 aromatic heterocycles. The molecule has 0 radical (unpaired) electrons. The Kier molecular flexibility index (Phi) is 7.06. The molecule has 1 aliphatic heterocycles. The number of non-ortho nitro benzene ring substituents is 1. The normalized spacial score (nSPS) is 14.0. The Bertz CT molecular complexity index is 1140. The zero-order valence-electron chi connectivity index (χ0n) is 17.0. The van der Waals surface area contributed by atoms with Crippen LogP contribution in [-0.2, 0) is 19.1 Å². The van der Waals surface area contributed by atoms with Gasteiger partial charge in [-0.1, -0.05) is 17.7 Å². The summed E-state index contributed by atoms with van der Waals surface area (Å²) >= 11 is 6.29. The van der Waals surface area contributed by atoms with Crippen LogP contribution in [0.5, 0.6) is 11.5 Å². The van der Waals surface area contributed by atoms with Crippen molar-refractivity contribution in [3.05, 3.63) is 68.4 Å². The molecule has 0 saturated heterocycles. The number of rotatable bonds is 8. The summed E-state index contributed by atoms with van der Waals surface area (Å²) in [5.74, 6) is -0.974. The Labute approximate surface area is 187 Å². The third-order valence-electron chi connectivity index (χ3n) is 4.12. The molecule has 0 saturated carbocycles. The molecule has 0 aliphatic carbocycles. The number of esters is 2. The number of cyclic esters (lactones) is 1. The second-order valence-corrected chi connectivity index (χ2v) is 6.68. The second-order valence-electron chi connectivity index (χ2n) is 6.27. The Balaban J connectivity index is 1.93. The van der Waals surface area contributed by atoms with Gasteiger partial charge in [-0.2, -0.15) is 0 Å². The van der Waals surface area contributed by atoms with Crippen LogP contribution in [0.15, 0.2) is 47.1 Å². The van der Waals surface area contributed by atoms with E-state index in [2.05, 4.69) is 9.73 Å². The van der Waals surface area contributed by atoms with Gasteiger partial charge in [-0.05, 0) is 36.8 Å². The minimum absolute atomic E-state index is 0.0340. The van der Waals surface area contributed by atoms with Crippen molar-refractivity contribution in [3.63, 3.8) is 0 Å². The van der Waals surface area contributed by atoms with Gasteiger partial charge in [0.05, 0.1) is 23.7 Å². The van der Waals surface area contributed by atoms with E-state index >= 15 is 0 Å². The third kappa shape index (κ3) is 5.22. The lowest BCUT2D eigenvalue weighted by Crippen LogP contribution is -2.13. The predicted octanol–water partition coefficient (Wildman–Crippen LogP) is 3.54. The molecule has 166 valence electrons. The lowest BCUT2D eigenvalue weighted by atomic mass is 10.1. The van der Waals surface area contributed by atoms with E-state index in [1.807, 2.05) is 0 Å². The highest BCUT2D eigenvalue weighted by atomic mass is 35.5. The summed E-state index contributed by atoms with van der Waals surface area (Å²) in [5, 5.41) is 11.1. The highest BCUT2D eigenvalue weighted by Gasteiger charge is 2.25. The summed E-state index contributed by atoms with van der Waals surface area (Å²) in [5.41, 5.74) is 0.554. The first-order chi connectivity index (χ1) is 15.3. The molecule has 0 atom stereocenters. The number of aliphatic imine (C=N–C) groups is 1. The summed E-state index contributed by atoms with van der Waals surface area (Å²) in [6, 6.07) is 8.64. The van der Waals surface area contributed by atoms with Gasteiger partial charge in [0.15, 0.2) is 23.8 Å². The molecule has 10 nitrogen and oxygen atoms in total. The van der Waals surface area contributed by atoms with Gasteiger partial charge >= 0.3 is 11.9 Å². The number of carbonyl (C=O) groups excluding carboxylic acids is 2. The number of nitrogens with zero attached hydrogens (tertiary/aromatic N) is 2. The standard InChI is InChI=1S/C21H17ClN2O8/c1-3-30-17-9-12(7-15(22)19(17)31-11-18(25)29-2)8-16-21(26)32-20(23-16)13-5-4-6-14(10-13)24(27)28/h4-10H,3,11H2,1-2H3/b16-8-. The zero-order valence-corrected chi connectivity index (χ0v) is 17.7. The second kappa shape index (κ2) is 9.92. The van der Waals surface area contributed by atoms with Crippen molar-refractivity contribution in [2.45, 2.75) is 6.92 Å². The fourth-order valence-corrected chi connectivity index (χ4v) is 2.98. The van der Waals surface area contributed by atoms with Gasteiger partial charge in [-0.25, -0.2) is 14.6 Å². The van der Waals surface area contributed by atoms with Crippen LogP contribution < -0.4 is 9.47 Å². The van der Waals surface area contributed by atoms with Crippen molar-refractivity contribution in [2.75, 3.05) is 20.3 Å². The van der Waals surface area contributed by atoms with Crippen molar-refractivity contribution in [1.29, 1.82) is 0 Å².